The van der Waals surface area contributed by atoms with Crippen molar-refractivity contribution in [2.75, 3.05) is 13.2 Å². The highest BCUT2D eigenvalue weighted by atomic mass is 31.2. The number of amides is 11. The zero-order valence-corrected chi connectivity index (χ0v) is 42.1. The number of likely N-dealkylation sites (tertiary alicyclic amines) is 1. The van der Waals surface area contributed by atoms with Crippen LogP contribution in [0.2, 0.25) is 0 Å². The quantitative estimate of drug-likeness (QED) is 0.0319. The molecule has 11 amide bonds. The zero-order valence-electron chi connectivity index (χ0n) is 41.2. The van der Waals surface area contributed by atoms with E-state index in [4.69, 9.17) is 22.9 Å². The number of aliphatic hydroxyl groups excluding tert-OH is 1. The fraction of sp³-hybridized carbons (Fsp3) is 0.581. The number of carboxylic acid groups (broad SMARTS) is 1. The van der Waals surface area contributed by atoms with Gasteiger partial charge in [0.05, 0.1) is 25.5 Å². The van der Waals surface area contributed by atoms with Gasteiger partial charge >= 0.3 is 13.8 Å². The van der Waals surface area contributed by atoms with Crippen LogP contribution in [0.5, 0.6) is 5.75 Å². The van der Waals surface area contributed by atoms with Crippen molar-refractivity contribution in [1.82, 2.24) is 42.1 Å². The summed E-state index contributed by atoms with van der Waals surface area (Å²) in [4.78, 5) is 175. The molecule has 1 aliphatic rings. The van der Waals surface area contributed by atoms with Crippen molar-refractivity contribution < 1.29 is 86.6 Å². The standard InChI is InChI=1S/C43H67N12O18P/c1-19(2)33(40(65)48-24(12-13-30(45)57)35(60)51-27(43(68)69)17-32(47)59)54-37(62)26(16-31(46)58)50-41(66)34(20(3)4)53-36(61)25(15-22-8-10-23(11-9-22)73-74(70,71)72)49-38(63)28(18-56)52-39(64)29-7-6-14-55(29)42(67)21(5)44/h8-11,19-21,24-29,33-34,56H,6-7,12-18,44H2,1-5H3,(H2,45,57)(H2,46,58)(H2,47,59)(H,48,65)(H,49,63)(H,50,66)(H,51,60)(H,52,64)(H,53,61)(H,54,62)(H,68,69)(H2,70,71,72)/t21-,24-,25-,26-,27-,28-,29-,33-,34-/m0/s1. The molecule has 30 nitrogen and oxygen atoms in total. The number of hydrogen-bond acceptors (Lipinski definition) is 16. The lowest BCUT2D eigenvalue weighted by molar-refractivity contribution is -0.144. The van der Waals surface area contributed by atoms with E-state index in [1.54, 1.807) is 0 Å². The summed E-state index contributed by atoms with van der Waals surface area (Å²) in [7, 11) is -4.98. The van der Waals surface area contributed by atoms with Gasteiger partial charge in [-0.25, -0.2) is 9.36 Å². The van der Waals surface area contributed by atoms with Crippen LogP contribution in [-0.2, 0) is 68.5 Å². The molecule has 1 aliphatic heterocycles. The fourth-order valence-electron chi connectivity index (χ4n) is 7.31. The van der Waals surface area contributed by atoms with E-state index in [0.717, 1.165) is 12.1 Å². The Labute approximate surface area is 424 Å². The minimum atomic E-state index is -4.98. The van der Waals surface area contributed by atoms with Crippen molar-refractivity contribution >= 4 is 78.8 Å². The van der Waals surface area contributed by atoms with E-state index in [2.05, 4.69) is 36.4 Å². The number of nitrogens with one attached hydrogen (secondary N) is 7. The summed E-state index contributed by atoms with van der Waals surface area (Å²) in [6, 6.07) is -8.96. The average Bonchev–Trinajstić information content (AvgIpc) is 3.79. The molecule has 1 aromatic rings. The van der Waals surface area contributed by atoms with E-state index in [1.807, 2.05) is 5.32 Å². The predicted molar refractivity (Wildman–Crippen MR) is 255 cm³/mol. The summed E-state index contributed by atoms with van der Waals surface area (Å²) >= 11 is 0. The number of hydrogen-bond donors (Lipinski definition) is 15. The molecule has 0 saturated carbocycles. The Hall–Kier alpha value is -7.27. The smallest absolute Gasteiger partial charge is 0.480 e. The van der Waals surface area contributed by atoms with Crippen LogP contribution in [0.4, 0.5) is 0 Å². The number of phosphoric ester groups is 1. The van der Waals surface area contributed by atoms with Gasteiger partial charge in [0, 0.05) is 19.4 Å². The molecule has 0 aliphatic carbocycles. The third kappa shape index (κ3) is 20.7. The van der Waals surface area contributed by atoms with Crippen LogP contribution < -0.4 is 64.7 Å². The average molecular weight is 1070 g/mol. The van der Waals surface area contributed by atoms with Gasteiger partial charge in [0.15, 0.2) is 0 Å². The third-order valence-corrected chi connectivity index (χ3v) is 11.6. The Bertz CT molecular complexity index is 2290. The second-order valence-electron chi connectivity index (χ2n) is 18.0. The van der Waals surface area contributed by atoms with Crippen LogP contribution in [0.3, 0.4) is 0 Å². The Morgan fingerprint density at radius 2 is 1.11 bits per heavy atom. The summed E-state index contributed by atoms with van der Waals surface area (Å²) in [5.41, 5.74) is 21.7. The van der Waals surface area contributed by atoms with Crippen LogP contribution in [-0.4, -0.2) is 163 Å². The van der Waals surface area contributed by atoms with E-state index in [0.29, 0.717) is 6.42 Å². The molecule has 9 atom stereocenters. The number of carboxylic acids is 1. The lowest BCUT2D eigenvalue weighted by atomic mass is 9.99. The summed E-state index contributed by atoms with van der Waals surface area (Å²) < 4.78 is 16.0. The minimum Gasteiger partial charge on any atom is -0.480 e. The molecule has 0 radical (unpaired) electrons. The maximum absolute atomic E-state index is 14.2. The van der Waals surface area contributed by atoms with Crippen molar-refractivity contribution in [3.8, 4) is 5.75 Å². The van der Waals surface area contributed by atoms with Gasteiger partial charge in [-0.2, -0.15) is 0 Å². The molecule has 2 rings (SSSR count). The molecule has 1 saturated heterocycles. The topological polar surface area (TPSA) is 504 Å². The fourth-order valence-corrected chi connectivity index (χ4v) is 7.70. The first-order chi connectivity index (χ1) is 34.3. The van der Waals surface area contributed by atoms with Crippen molar-refractivity contribution in [2.24, 2.45) is 34.8 Å². The van der Waals surface area contributed by atoms with Gasteiger partial charge in [0.25, 0.3) is 0 Å². The molecule has 31 heteroatoms. The molecule has 412 valence electrons. The van der Waals surface area contributed by atoms with E-state index in [-0.39, 0.29) is 24.3 Å². The van der Waals surface area contributed by atoms with Gasteiger partial charge in [0.1, 0.15) is 54.1 Å². The summed E-state index contributed by atoms with van der Waals surface area (Å²) in [6.07, 6.45) is -2.45. The van der Waals surface area contributed by atoms with Gasteiger partial charge in [-0.1, -0.05) is 39.8 Å². The Kier molecular flexibility index (Phi) is 24.5. The number of carbonyl (C=O) groups excluding carboxylic acids is 11. The molecular weight excluding hydrogens is 1000 g/mol. The molecular formula is C43H67N12O18P. The number of aliphatic carboxylic acids is 1. The van der Waals surface area contributed by atoms with Crippen molar-refractivity contribution in [3.63, 3.8) is 0 Å². The Balaban J connectivity index is 2.44. The van der Waals surface area contributed by atoms with Crippen LogP contribution in [0, 0.1) is 11.8 Å². The highest BCUT2D eigenvalue weighted by molar-refractivity contribution is 7.46. The molecule has 1 fully saturated rings. The highest BCUT2D eigenvalue weighted by Gasteiger charge is 2.39. The predicted octanol–water partition coefficient (Wildman–Crippen LogP) is -6.16. The first-order valence-corrected chi connectivity index (χ1v) is 24.6. The van der Waals surface area contributed by atoms with Crippen molar-refractivity contribution in [2.45, 2.75) is 134 Å². The first kappa shape index (κ1) is 62.8. The Morgan fingerprint density at radius 3 is 1.57 bits per heavy atom. The maximum atomic E-state index is 14.2. The second kappa shape index (κ2) is 28.8. The molecule has 0 unspecified atom stereocenters. The number of aliphatic hydroxyl groups is 1. The zero-order chi connectivity index (χ0) is 56.4. The van der Waals surface area contributed by atoms with Crippen LogP contribution in [0.15, 0.2) is 24.3 Å². The molecule has 74 heavy (non-hydrogen) atoms. The van der Waals surface area contributed by atoms with Crippen LogP contribution in [0.25, 0.3) is 0 Å². The molecule has 19 N–H and O–H groups in total. The van der Waals surface area contributed by atoms with Crippen molar-refractivity contribution in [3.05, 3.63) is 29.8 Å². The summed E-state index contributed by atoms with van der Waals surface area (Å²) in [5, 5.41) is 36.0. The van der Waals surface area contributed by atoms with E-state index >= 15 is 0 Å². The number of nitrogens with zero attached hydrogens (tertiary/aromatic N) is 1. The molecule has 0 aromatic heterocycles. The summed E-state index contributed by atoms with van der Waals surface area (Å²) in [5.74, 6) is -14.7. The van der Waals surface area contributed by atoms with Crippen molar-refractivity contribution in [1.29, 1.82) is 0 Å². The number of primary amides is 3. The normalized spacial score (nSPS) is 16.6. The Morgan fingerprint density at radius 1 is 0.649 bits per heavy atom. The van der Waals surface area contributed by atoms with E-state index in [1.165, 1.54) is 51.7 Å². The molecule has 0 spiro atoms. The number of carbonyl (C=O) groups is 12. The van der Waals surface area contributed by atoms with Gasteiger partial charge < -0.3 is 79.8 Å². The largest absolute Gasteiger partial charge is 0.524 e. The SMILES string of the molecule is CC(C)[C@H](NC(=O)[C@H](CC(N)=O)NC(=O)[C@@H](NC(=O)[C@H](Cc1ccc(OP(=O)(O)O)cc1)NC(=O)[C@H](CO)NC(=O)[C@@H]1CCCN1C(=O)[C@H](C)N)C(C)C)C(=O)N[C@@H](CCC(N)=O)C(=O)N[C@@H](CC(N)=O)C(=O)O. The van der Waals surface area contributed by atoms with Gasteiger partial charge in [-0.05, 0) is 55.7 Å². The molecule has 0 bridgehead atoms. The number of nitrogens with two attached hydrogens (primary N) is 4. The second-order valence-corrected chi connectivity index (χ2v) is 19.2. The van der Waals surface area contributed by atoms with E-state index < -0.39 is 184 Å². The van der Waals surface area contributed by atoms with Gasteiger partial charge in [0.2, 0.25) is 65.0 Å². The molecule has 1 aromatic carbocycles. The molecule has 1 heterocycles. The lowest BCUT2D eigenvalue weighted by Crippen LogP contribution is -2.62. The third-order valence-electron chi connectivity index (χ3n) is 11.1. The maximum Gasteiger partial charge on any atom is 0.524 e. The van der Waals surface area contributed by atoms with Gasteiger partial charge in [-0.15, -0.1) is 0 Å². The van der Waals surface area contributed by atoms with Crippen LogP contribution in [0.1, 0.15) is 78.7 Å². The monoisotopic (exact) mass is 1070 g/mol. The number of rotatable bonds is 30. The van der Waals surface area contributed by atoms with E-state index in [9.17, 15) is 82.1 Å². The highest BCUT2D eigenvalue weighted by Crippen LogP contribution is 2.37. The number of phosphoric acid groups is 1. The minimum absolute atomic E-state index is 0.201. The number of benzene rings is 1. The van der Waals surface area contributed by atoms with Crippen LogP contribution >= 0.6 is 7.82 Å². The van der Waals surface area contributed by atoms with Gasteiger partial charge in [-0.3, -0.25) is 62.5 Å². The lowest BCUT2D eigenvalue weighted by Gasteiger charge is -2.30. The first-order valence-electron chi connectivity index (χ1n) is 23.1. The summed E-state index contributed by atoms with van der Waals surface area (Å²) in [6.45, 7) is 6.48.